The molecule has 0 atom stereocenters. The largest absolute Gasteiger partial charge is 0.310 e. The highest BCUT2D eigenvalue weighted by Crippen LogP contribution is 2.45. The maximum absolute atomic E-state index is 15.0. The highest BCUT2D eigenvalue weighted by atomic mass is 19.1. The first kappa shape index (κ1) is 26.3. The Morgan fingerprint density at radius 2 is 0.978 bits per heavy atom. The van der Waals surface area contributed by atoms with Gasteiger partial charge >= 0.3 is 0 Å². The quantitative estimate of drug-likeness (QED) is 0.193. The predicted octanol–water partition coefficient (Wildman–Crippen LogP) is 11.5. The van der Waals surface area contributed by atoms with Crippen molar-refractivity contribution in [1.29, 1.82) is 0 Å². The van der Waals surface area contributed by atoms with E-state index in [0.717, 1.165) is 61.3 Å². The molecule has 9 rings (SSSR count). The lowest BCUT2D eigenvalue weighted by molar-refractivity contribution is 0.629. The average Bonchev–Trinajstić information content (AvgIpc) is 3.62. The Balaban J connectivity index is 1.37. The molecular formula is C42H28FN3. The number of benzene rings is 7. The fraction of sp³-hybridized carbons (Fsp3) is 0. The Morgan fingerprint density at radius 1 is 0.391 bits per heavy atom. The third-order valence-corrected chi connectivity index (χ3v) is 8.93. The molecule has 0 amide bonds. The zero-order valence-electron chi connectivity index (χ0n) is 24.9. The van der Waals surface area contributed by atoms with Crippen LogP contribution in [0.3, 0.4) is 0 Å². The van der Waals surface area contributed by atoms with E-state index in [9.17, 15) is 0 Å². The monoisotopic (exact) mass is 593 g/mol. The van der Waals surface area contributed by atoms with Gasteiger partial charge in [0.15, 0.2) is 0 Å². The second kappa shape index (κ2) is 10.5. The second-order valence-electron chi connectivity index (χ2n) is 11.6. The van der Waals surface area contributed by atoms with Crippen molar-refractivity contribution in [1.82, 2.24) is 9.13 Å². The van der Waals surface area contributed by atoms with Crippen molar-refractivity contribution in [2.24, 2.45) is 0 Å². The molecule has 9 aromatic rings. The van der Waals surface area contributed by atoms with Gasteiger partial charge in [-0.2, -0.15) is 0 Å². The van der Waals surface area contributed by atoms with Crippen LogP contribution in [-0.4, -0.2) is 9.13 Å². The fourth-order valence-electron chi connectivity index (χ4n) is 7.02. The number of para-hydroxylation sites is 4. The summed E-state index contributed by atoms with van der Waals surface area (Å²) in [5.74, 6) is -0.255. The van der Waals surface area contributed by atoms with E-state index in [1.165, 1.54) is 10.8 Å². The Hall–Kier alpha value is -6.13. The van der Waals surface area contributed by atoms with Crippen LogP contribution in [-0.2, 0) is 0 Å². The molecule has 2 heterocycles. The van der Waals surface area contributed by atoms with Crippen LogP contribution < -0.4 is 4.90 Å². The number of hydrogen-bond acceptors (Lipinski definition) is 1. The third-order valence-electron chi connectivity index (χ3n) is 8.93. The predicted molar refractivity (Wildman–Crippen MR) is 190 cm³/mol. The van der Waals surface area contributed by atoms with Gasteiger partial charge in [-0.1, -0.05) is 84.9 Å². The van der Waals surface area contributed by atoms with Crippen molar-refractivity contribution in [3.63, 3.8) is 0 Å². The summed E-state index contributed by atoms with van der Waals surface area (Å²) in [6.07, 6.45) is 0. The molecule has 0 aliphatic rings. The summed E-state index contributed by atoms with van der Waals surface area (Å²) in [5.41, 5.74) is 9.43. The molecule has 2 aromatic heterocycles. The van der Waals surface area contributed by atoms with Crippen LogP contribution in [0.15, 0.2) is 170 Å². The Bertz CT molecular complexity index is 2530. The molecule has 0 N–H and O–H groups in total. The maximum Gasteiger partial charge on any atom is 0.123 e. The summed E-state index contributed by atoms with van der Waals surface area (Å²) in [5, 5.41) is 4.27. The van der Waals surface area contributed by atoms with E-state index < -0.39 is 0 Å². The van der Waals surface area contributed by atoms with Crippen molar-refractivity contribution >= 4 is 60.7 Å². The molecule has 7 aromatic carbocycles. The lowest BCUT2D eigenvalue weighted by Gasteiger charge is -2.27. The number of nitrogens with zero attached hydrogens (tertiary/aromatic N) is 3. The average molecular weight is 594 g/mol. The molecule has 0 fully saturated rings. The summed E-state index contributed by atoms with van der Waals surface area (Å²) in [6.45, 7) is 0. The SMILES string of the molecule is Fc1ccc2c(c1)c1c(N(c3ccccc3)c3ccc4c5ccccc5n(-c5ccccc5)c4c3)cccc1n2-c1ccccc1. The van der Waals surface area contributed by atoms with E-state index in [1.807, 2.05) is 30.3 Å². The molecule has 0 saturated heterocycles. The minimum Gasteiger partial charge on any atom is -0.310 e. The fourth-order valence-corrected chi connectivity index (χ4v) is 7.02. The Kier molecular flexibility index (Phi) is 6.00. The molecule has 0 aliphatic carbocycles. The van der Waals surface area contributed by atoms with Crippen LogP contribution in [0.5, 0.6) is 0 Å². The standard InChI is InChI=1S/C42H28FN3/c43-29-23-26-38-36(27-29)42-39(21-12-22-40(42)45(38)31-15-6-2-7-16-31)44(30-13-4-1-5-14-30)33-24-25-35-34-19-10-11-20-37(34)46(41(35)28-33)32-17-8-3-9-18-32/h1-28H. The van der Waals surface area contributed by atoms with Crippen molar-refractivity contribution in [3.8, 4) is 11.4 Å². The number of anilines is 3. The molecule has 0 saturated carbocycles. The van der Waals surface area contributed by atoms with Crippen LogP contribution >= 0.6 is 0 Å². The van der Waals surface area contributed by atoms with Gasteiger partial charge in [-0.05, 0) is 84.9 Å². The summed E-state index contributed by atoms with van der Waals surface area (Å²) in [4.78, 5) is 2.30. The van der Waals surface area contributed by atoms with E-state index in [2.05, 4.69) is 141 Å². The molecular weight excluding hydrogens is 565 g/mol. The lowest BCUT2D eigenvalue weighted by Crippen LogP contribution is -2.10. The minimum atomic E-state index is -0.255. The first-order valence-electron chi connectivity index (χ1n) is 15.5. The molecule has 0 spiro atoms. The summed E-state index contributed by atoms with van der Waals surface area (Å²) < 4.78 is 19.6. The number of aromatic nitrogens is 2. The summed E-state index contributed by atoms with van der Waals surface area (Å²) >= 11 is 0. The Labute approximate surface area is 265 Å². The van der Waals surface area contributed by atoms with Gasteiger partial charge in [-0.3, -0.25) is 0 Å². The van der Waals surface area contributed by atoms with Crippen molar-refractivity contribution in [3.05, 3.63) is 176 Å². The summed E-state index contributed by atoms with van der Waals surface area (Å²) in [6, 6.07) is 58.0. The highest BCUT2D eigenvalue weighted by molar-refractivity contribution is 6.17. The van der Waals surface area contributed by atoms with Gasteiger partial charge in [-0.15, -0.1) is 0 Å². The van der Waals surface area contributed by atoms with Gasteiger partial charge in [-0.25, -0.2) is 4.39 Å². The number of rotatable bonds is 5. The van der Waals surface area contributed by atoms with Gasteiger partial charge in [0.2, 0.25) is 0 Å². The maximum atomic E-state index is 15.0. The van der Waals surface area contributed by atoms with E-state index in [4.69, 9.17) is 0 Å². The van der Waals surface area contributed by atoms with Crippen LogP contribution in [0.1, 0.15) is 0 Å². The minimum absolute atomic E-state index is 0.255. The number of fused-ring (bicyclic) bond motifs is 6. The van der Waals surface area contributed by atoms with Gasteiger partial charge in [0.05, 0.1) is 27.8 Å². The molecule has 3 nitrogen and oxygen atoms in total. The number of hydrogen-bond donors (Lipinski definition) is 0. The first-order chi connectivity index (χ1) is 22.8. The van der Waals surface area contributed by atoms with Crippen molar-refractivity contribution in [2.75, 3.05) is 4.90 Å². The molecule has 0 unspecified atom stereocenters. The molecule has 4 heteroatoms. The van der Waals surface area contributed by atoms with Crippen LogP contribution in [0.2, 0.25) is 0 Å². The zero-order valence-corrected chi connectivity index (χ0v) is 24.9. The van der Waals surface area contributed by atoms with Crippen molar-refractivity contribution in [2.45, 2.75) is 0 Å². The third kappa shape index (κ3) is 4.04. The molecule has 0 radical (unpaired) electrons. The van der Waals surface area contributed by atoms with Gasteiger partial charge in [0.1, 0.15) is 5.82 Å². The Morgan fingerprint density at radius 3 is 1.72 bits per heavy atom. The van der Waals surface area contributed by atoms with E-state index in [-0.39, 0.29) is 5.82 Å². The van der Waals surface area contributed by atoms with E-state index >= 15 is 4.39 Å². The first-order valence-corrected chi connectivity index (χ1v) is 15.5. The molecule has 0 aliphatic heterocycles. The molecule has 218 valence electrons. The van der Waals surface area contributed by atoms with Gasteiger partial charge in [0, 0.05) is 44.3 Å². The number of halogens is 1. The van der Waals surface area contributed by atoms with E-state index in [0.29, 0.717) is 0 Å². The zero-order chi connectivity index (χ0) is 30.6. The van der Waals surface area contributed by atoms with Crippen LogP contribution in [0.4, 0.5) is 21.5 Å². The normalized spacial score (nSPS) is 11.6. The van der Waals surface area contributed by atoms with Crippen molar-refractivity contribution < 1.29 is 4.39 Å². The lowest BCUT2D eigenvalue weighted by atomic mass is 10.1. The molecule has 0 bridgehead atoms. The van der Waals surface area contributed by atoms with Crippen LogP contribution in [0, 0.1) is 5.82 Å². The topological polar surface area (TPSA) is 13.1 Å². The van der Waals surface area contributed by atoms with E-state index in [1.54, 1.807) is 12.1 Å². The highest BCUT2D eigenvalue weighted by Gasteiger charge is 2.22. The van der Waals surface area contributed by atoms with Crippen LogP contribution in [0.25, 0.3) is 55.0 Å². The summed E-state index contributed by atoms with van der Waals surface area (Å²) in [7, 11) is 0. The smallest absolute Gasteiger partial charge is 0.123 e. The second-order valence-corrected chi connectivity index (χ2v) is 11.6. The van der Waals surface area contributed by atoms with Gasteiger partial charge < -0.3 is 14.0 Å². The molecule has 46 heavy (non-hydrogen) atoms. The van der Waals surface area contributed by atoms with Gasteiger partial charge in [0.25, 0.3) is 0 Å².